The third-order valence-electron chi connectivity index (χ3n) is 4.50. The second-order valence-corrected chi connectivity index (χ2v) is 9.61. The van der Waals surface area contributed by atoms with Gasteiger partial charge in [0.2, 0.25) is 0 Å². The average molecular weight is 499 g/mol. The van der Waals surface area contributed by atoms with Crippen molar-refractivity contribution in [3.8, 4) is 0 Å². The summed E-state index contributed by atoms with van der Waals surface area (Å²) >= 11 is 0. The molecule has 0 aliphatic carbocycles. The van der Waals surface area contributed by atoms with Crippen LogP contribution in [0.5, 0.6) is 0 Å². The van der Waals surface area contributed by atoms with Gasteiger partial charge in [-0.3, -0.25) is 9.89 Å². The van der Waals surface area contributed by atoms with Gasteiger partial charge in [0, 0.05) is 51.6 Å². The number of nitrogens with one attached hydrogen (secondary N) is 1. The molecule has 10 heteroatoms. The minimum Gasteiger partial charge on any atom is -0.364 e. The standard InChI is InChI=1S/C16H29N5O3S.HI/c1-5-17-15(18-13-16(2,3)25(4,22)23)21-9-7-20(8-10-21)12-14-6-11-24-19-14;/h6,11H,5,7-10,12-13H2,1-4H3,(H,17,18);1H. The van der Waals surface area contributed by atoms with E-state index < -0.39 is 14.6 Å². The van der Waals surface area contributed by atoms with E-state index in [4.69, 9.17) is 4.52 Å². The summed E-state index contributed by atoms with van der Waals surface area (Å²) in [7, 11) is -3.16. The van der Waals surface area contributed by atoms with Gasteiger partial charge in [0.25, 0.3) is 0 Å². The van der Waals surface area contributed by atoms with Gasteiger partial charge in [-0.1, -0.05) is 5.16 Å². The van der Waals surface area contributed by atoms with E-state index in [-0.39, 0.29) is 30.5 Å². The van der Waals surface area contributed by atoms with Crippen LogP contribution in [0.3, 0.4) is 0 Å². The van der Waals surface area contributed by atoms with Crippen LogP contribution in [-0.4, -0.2) is 79.6 Å². The first-order chi connectivity index (χ1) is 11.7. The van der Waals surface area contributed by atoms with Crippen LogP contribution in [0.2, 0.25) is 0 Å². The highest BCUT2D eigenvalue weighted by Gasteiger charge is 2.30. The zero-order valence-corrected chi connectivity index (χ0v) is 19.1. The lowest BCUT2D eigenvalue weighted by Crippen LogP contribution is -2.52. The third-order valence-corrected chi connectivity index (χ3v) is 6.63. The molecule has 1 N–H and O–H groups in total. The lowest BCUT2D eigenvalue weighted by Gasteiger charge is -2.36. The molecule has 2 rings (SSSR count). The average Bonchev–Trinajstić information content (AvgIpc) is 3.04. The van der Waals surface area contributed by atoms with Gasteiger partial charge in [-0.2, -0.15) is 0 Å². The molecular weight excluding hydrogens is 469 g/mol. The summed E-state index contributed by atoms with van der Waals surface area (Å²) in [6, 6.07) is 1.88. The summed E-state index contributed by atoms with van der Waals surface area (Å²) in [5, 5.41) is 7.22. The monoisotopic (exact) mass is 499 g/mol. The highest BCUT2D eigenvalue weighted by atomic mass is 127. The summed E-state index contributed by atoms with van der Waals surface area (Å²) in [5.74, 6) is 0.778. The smallest absolute Gasteiger partial charge is 0.194 e. The number of nitrogens with zero attached hydrogens (tertiary/aromatic N) is 4. The first-order valence-electron chi connectivity index (χ1n) is 8.57. The molecule has 0 spiro atoms. The van der Waals surface area contributed by atoms with Crippen LogP contribution in [0.1, 0.15) is 26.5 Å². The van der Waals surface area contributed by atoms with Crippen molar-refractivity contribution in [2.24, 2.45) is 4.99 Å². The van der Waals surface area contributed by atoms with Crippen molar-refractivity contribution in [2.75, 3.05) is 45.5 Å². The largest absolute Gasteiger partial charge is 0.364 e. The first kappa shape index (κ1) is 23.2. The van der Waals surface area contributed by atoms with Crippen LogP contribution >= 0.6 is 24.0 Å². The van der Waals surface area contributed by atoms with Gasteiger partial charge >= 0.3 is 0 Å². The fraction of sp³-hybridized carbons (Fsp3) is 0.750. The Morgan fingerprint density at radius 3 is 2.50 bits per heavy atom. The number of aromatic nitrogens is 1. The Bertz CT molecular complexity index is 668. The molecule has 0 atom stereocenters. The number of rotatable bonds is 6. The molecule has 1 aliphatic rings. The number of sulfone groups is 1. The Hall–Kier alpha value is -0.880. The maximum atomic E-state index is 11.9. The molecular formula is C16H30IN5O3S. The van der Waals surface area contributed by atoms with Crippen LogP contribution in [0.4, 0.5) is 0 Å². The molecule has 0 saturated carbocycles. The van der Waals surface area contributed by atoms with Gasteiger partial charge in [0.15, 0.2) is 15.8 Å². The molecule has 1 aromatic rings. The zero-order valence-electron chi connectivity index (χ0n) is 15.9. The number of hydrogen-bond acceptors (Lipinski definition) is 6. The predicted octanol–water partition coefficient (Wildman–Crippen LogP) is 1.20. The topological polar surface area (TPSA) is 91.0 Å². The molecule has 2 heterocycles. The molecule has 0 aromatic carbocycles. The van der Waals surface area contributed by atoms with E-state index in [0.717, 1.165) is 50.9 Å². The van der Waals surface area contributed by atoms with Crippen molar-refractivity contribution in [3.63, 3.8) is 0 Å². The Labute approximate surface area is 173 Å². The van der Waals surface area contributed by atoms with E-state index in [9.17, 15) is 8.42 Å². The number of piperazine rings is 1. The molecule has 0 unspecified atom stereocenters. The van der Waals surface area contributed by atoms with E-state index in [1.165, 1.54) is 6.26 Å². The molecule has 1 aromatic heterocycles. The normalized spacial score (nSPS) is 17.1. The summed E-state index contributed by atoms with van der Waals surface area (Å²) < 4.78 is 27.7. The van der Waals surface area contributed by atoms with E-state index in [2.05, 4.69) is 25.3 Å². The minimum absolute atomic E-state index is 0. The molecule has 150 valence electrons. The summed E-state index contributed by atoms with van der Waals surface area (Å²) in [6.07, 6.45) is 2.85. The quantitative estimate of drug-likeness (QED) is 0.357. The lowest BCUT2D eigenvalue weighted by atomic mass is 10.2. The van der Waals surface area contributed by atoms with Crippen LogP contribution in [0, 0.1) is 0 Å². The van der Waals surface area contributed by atoms with Crippen LogP contribution < -0.4 is 5.32 Å². The number of halogens is 1. The van der Waals surface area contributed by atoms with Crippen LogP contribution in [0.15, 0.2) is 21.8 Å². The van der Waals surface area contributed by atoms with E-state index >= 15 is 0 Å². The van der Waals surface area contributed by atoms with E-state index in [0.29, 0.717) is 0 Å². The van der Waals surface area contributed by atoms with Crippen molar-refractivity contribution in [3.05, 3.63) is 18.0 Å². The van der Waals surface area contributed by atoms with Gasteiger partial charge in [-0.15, -0.1) is 24.0 Å². The van der Waals surface area contributed by atoms with Crippen molar-refractivity contribution < 1.29 is 12.9 Å². The highest BCUT2D eigenvalue weighted by molar-refractivity contribution is 14.0. The summed E-state index contributed by atoms with van der Waals surface area (Å²) in [6.45, 7) is 10.7. The molecule has 1 fully saturated rings. The molecule has 1 saturated heterocycles. The lowest BCUT2D eigenvalue weighted by molar-refractivity contribution is 0.169. The van der Waals surface area contributed by atoms with E-state index in [1.54, 1.807) is 20.1 Å². The summed E-state index contributed by atoms with van der Waals surface area (Å²) in [5.41, 5.74) is 0.934. The second-order valence-electron chi connectivity index (χ2n) is 6.96. The van der Waals surface area contributed by atoms with Crippen LogP contribution in [0.25, 0.3) is 0 Å². The number of aliphatic imine (C=N–C) groups is 1. The number of guanidine groups is 1. The second kappa shape index (κ2) is 9.88. The van der Waals surface area contributed by atoms with Crippen molar-refractivity contribution >= 4 is 39.8 Å². The first-order valence-corrected chi connectivity index (χ1v) is 10.5. The Morgan fingerprint density at radius 1 is 1.35 bits per heavy atom. The number of hydrogen-bond donors (Lipinski definition) is 1. The molecule has 1 aliphatic heterocycles. The van der Waals surface area contributed by atoms with E-state index in [1.807, 2.05) is 13.0 Å². The van der Waals surface area contributed by atoms with Gasteiger partial charge in [-0.05, 0) is 20.8 Å². The SMILES string of the molecule is CCNC(=NCC(C)(C)S(C)(=O)=O)N1CCN(Cc2ccon2)CC1.I. The summed E-state index contributed by atoms with van der Waals surface area (Å²) in [4.78, 5) is 9.08. The fourth-order valence-electron chi connectivity index (χ4n) is 2.47. The molecule has 8 nitrogen and oxygen atoms in total. The van der Waals surface area contributed by atoms with Gasteiger partial charge < -0.3 is 14.7 Å². The maximum Gasteiger partial charge on any atom is 0.194 e. The maximum absolute atomic E-state index is 11.9. The molecule has 0 bridgehead atoms. The Morgan fingerprint density at radius 2 is 2.00 bits per heavy atom. The third kappa shape index (κ3) is 6.38. The predicted molar refractivity (Wildman–Crippen MR) is 114 cm³/mol. The Balaban J connectivity index is 0.00000338. The van der Waals surface area contributed by atoms with Gasteiger partial charge in [0.1, 0.15) is 6.26 Å². The van der Waals surface area contributed by atoms with Gasteiger partial charge in [-0.25, -0.2) is 8.42 Å². The molecule has 26 heavy (non-hydrogen) atoms. The van der Waals surface area contributed by atoms with Crippen molar-refractivity contribution in [1.29, 1.82) is 0 Å². The minimum atomic E-state index is -3.16. The molecule has 0 radical (unpaired) electrons. The fourth-order valence-corrected chi connectivity index (χ4v) is 2.77. The zero-order chi connectivity index (χ0) is 18.5. The van der Waals surface area contributed by atoms with Gasteiger partial charge in [0.05, 0.1) is 17.0 Å². The van der Waals surface area contributed by atoms with Crippen LogP contribution in [-0.2, 0) is 16.4 Å². The van der Waals surface area contributed by atoms with Crippen molar-refractivity contribution in [2.45, 2.75) is 32.1 Å². The highest BCUT2D eigenvalue weighted by Crippen LogP contribution is 2.16. The Kier molecular flexibility index (Phi) is 8.80. The molecule has 0 amide bonds. The van der Waals surface area contributed by atoms with Crippen molar-refractivity contribution in [1.82, 2.24) is 20.3 Å².